The Balaban J connectivity index is 1.69. The van der Waals surface area contributed by atoms with Gasteiger partial charge in [0.2, 0.25) is 5.91 Å². The van der Waals surface area contributed by atoms with E-state index >= 15 is 0 Å². The van der Waals surface area contributed by atoms with Crippen molar-refractivity contribution in [3.8, 4) is 0 Å². The van der Waals surface area contributed by atoms with Crippen LogP contribution < -0.4 is 0 Å². The van der Waals surface area contributed by atoms with Gasteiger partial charge >= 0.3 is 0 Å². The van der Waals surface area contributed by atoms with Gasteiger partial charge in [0.25, 0.3) is 0 Å². The first-order valence-electron chi connectivity index (χ1n) is 9.55. The summed E-state index contributed by atoms with van der Waals surface area (Å²) < 4.78 is 0. The third-order valence-electron chi connectivity index (χ3n) is 5.50. The highest BCUT2D eigenvalue weighted by molar-refractivity contribution is 6.19. The molecule has 1 aliphatic heterocycles. The molecule has 0 saturated carbocycles. The van der Waals surface area contributed by atoms with E-state index in [-0.39, 0.29) is 11.9 Å². The van der Waals surface area contributed by atoms with Gasteiger partial charge in [0, 0.05) is 18.9 Å². The number of hydrogen-bond donors (Lipinski definition) is 0. The van der Waals surface area contributed by atoms with Crippen molar-refractivity contribution in [3.05, 3.63) is 96.1 Å². The number of fused-ring (bicyclic) bond motifs is 3. The molecule has 28 heavy (non-hydrogen) atoms. The molecule has 0 fully saturated rings. The number of benzene rings is 4. The molecular formula is C25H20N2O. The average molecular weight is 364 g/mol. The summed E-state index contributed by atoms with van der Waals surface area (Å²) in [6, 6.07) is 29.2. The Kier molecular flexibility index (Phi) is 3.94. The molecule has 0 unspecified atom stereocenters. The van der Waals surface area contributed by atoms with Gasteiger partial charge in [-0.05, 0) is 33.2 Å². The highest BCUT2D eigenvalue weighted by Crippen LogP contribution is 2.36. The average Bonchev–Trinajstić information content (AvgIpc) is 3.19. The summed E-state index contributed by atoms with van der Waals surface area (Å²) in [6.07, 6.45) is 0.714. The fourth-order valence-electron chi connectivity index (χ4n) is 4.19. The minimum atomic E-state index is -0.0565. The monoisotopic (exact) mass is 364 g/mol. The zero-order chi connectivity index (χ0) is 19.1. The Morgan fingerprint density at radius 2 is 1.50 bits per heavy atom. The van der Waals surface area contributed by atoms with Crippen molar-refractivity contribution in [2.45, 2.75) is 19.4 Å². The van der Waals surface area contributed by atoms with Crippen molar-refractivity contribution in [1.82, 2.24) is 5.01 Å². The number of carbonyl (C=O) groups is 1. The van der Waals surface area contributed by atoms with E-state index in [1.54, 1.807) is 11.9 Å². The summed E-state index contributed by atoms with van der Waals surface area (Å²) in [6.45, 7) is 1.58. The second kappa shape index (κ2) is 6.61. The molecule has 5 rings (SSSR count). The summed E-state index contributed by atoms with van der Waals surface area (Å²) in [5.41, 5.74) is 3.19. The zero-order valence-electron chi connectivity index (χ0n) is 15.7. The minimum absolute atomic E-state index is 0.0334. The fraction of sp³-hybridized carbons (Fsp3) is 0.120. The van der Waals surface area contributed by atoms with E-state index in [0.29, 0.717) is 6.42 Å². The number of nitrogens with zero attached hydrogens (tertiary/aromatic N) is 2. The maximum Gasteiger partial charge on any atom is 0.240 e. The molecule has 0 radical (unpaired) electrons. The molecule has 4 aromatic carbocycles. The predicted octanol–water partition coefficient (Wildman–Crippen LogP) is 5.69. The predicted molar refractivity (Wildman–Crippen MR) is 114 cm³/mol. The minimum Gasteiger partial charge on any atom is -0.273 e. The van der Waals surface area contributed by atoms with Crippen molar-refractivity contribution >= 4 is 33.2 Å². The quantitative estimate of drug-likeness (QED) is 0.421. The third-order valence-corrected chi connectivity index (χ3v) is 5.50. The Morgan fingerprint density at radius 3 is 2.25 bits per heavy atom. The summed E-state index contributed by atoms with van der Waals surface area (Å²) >= 11 is 0. The van der Waals surface area contributed by atoms with E-state index in [4.69, 9.17) is 5.10 Å². The molecule has 0 aliphatic carbocycles. The van der Waals surface area contributed by atoms with Crippen LogP contribution in [0.2, 0.25) is 0 Å². The number of hydrogen-bond acceptors (Lipinski definition) is 2. The summed E-state index contributed by atoms with van der Waals surface area (Å²) in [7, 11) is 0. The molecule has 4 aromatic rings. The molecule has 136 valence electrons. The first-order chi connectivity index (χ1) is 13.7. The van der Waals surface area contributed by atoms with E-state index in [2.05, 4.69) is 66.7 Å². The molecule has 1 heterocycles. The van der Waals surface area contributed by atoms with Gasteiger partial charge in [0.1, 0.15) is 0 Å². The van der Waals surface area contributed by atoms with Crippen LogP contribution in [0.4, 0.5) is 0 Å². The second-order valence-electron chi connectivity index (χ2n) is 7.23. The van der Waals surface area contributed by atoms with Crippen molar-refractivity contribution < 1.29 is 4.79 Å². The van der Waals surface area contributed by atoms with Crippen LogP contribution in [0.1, 0.15) is 30.5 Å². The van der Waals surface area contributed by atoms with Crippen LogP contribution in [0.25, 0.3) is 21.5 Å². The Morgan fingerprint density at radius 1 is 0.857 bits per heavy atom. The normalized spacial score (nSPS) is 16.5. The molecule has 0 N–H and O–H groups in total. The highest BCUT2D eigenvalue weighted by atomic mass is 16.2. The van der Waals surface area contributed by atoms with E-state index in [0.717, 1.165) is 16.8 Å². The lowest BCUT2D eigenvalue weighted by Crippen LogP contribution is -2.24. The number of hydrazone groups is 1. The largest absolute Gasteiger partial charge is 0.273 e. The SMILES string of the molecule is CC(=O)N1N=C(c2cc3ccccc3c3ccccc23)C[C@H]1c1ccccc1. The Hall–Kier alpha value is -3.46. The van der Waals surface area contributed by atoms with E-state index < -0.39 is 0 Å². The molecule has 1 aliphatic rings. The number of amides is 1. The highest BCUT2D eigenvalue weighted by Gasteiger charge is 2.31. The maximum absolute atomic E-state index is 12.3. The van der Waals surface area contributed by atoms with Crippen molar-refractivity contribution in [2.75, 3.05) is 0 Å². The molecule has 3 nitrogen and oxygen atoms in total. The van der Waals surface area contributed by atoms with E-state index in [9.17, 15) is 4.79 Å². The first-order valence-corrected chi connectivity index (χ1v) is 9.55. The van der Waals surface area contributed by atoms with Crippen LogP contribution >= 0.6 is 0 Å². The number of rotatable bonds is 2. The number of carbonyl (C=O) groups excluding carboxylic acids is 1. The topological polar surface area (TPSA) is 32.7 Å². The Labute approximate surface area is 163 Å². The van der Waals surface area contributed by atoms with Gasteiger partial charge in [-0.15, -0.1) is 0 Å². The van der Waals surface area contributed by atoms with Crippen molar-refractivity contribution in [1.29, 1.82) is 0 Å². The third kappa shape index (κ3) is 2.67. The van der Waals surface area contributed by atoms with Crippen LogP contribution in [-0.2, 0) is 4.79 Å². The van der Waals surface area contributed by atoms with Gasteiger partial charge in [-0.2, -0.15) is 5.10 Å². The van der Waals surface area contributed by atoms with E-state index in [1.807, 2.05) is 18.2 Å². The fourth-order valence-corrected chi connectivity index (χ4v) is 4.19. The van der Waals surface area contributed by atoms with Crippen LogP contribution in [0.3, 0.4) is 0 Å². The summed E-state index contributed by atoms with van der Waals surface area (Å²) in [4.78, 5) is 12.3. The molecule has 1 atom stereocenters. The molecular weight excluding hydrogens is 344 g/mol. The molecule has 1 amide bonds. The molecule has 0 saturated heterocycles. The van der Waals surface area contributed by atoms with Gasteiger partial charge in [0.05, 0.1) is 11.8 Å². The second-order valence-corrected chi connectivity index (χ2v) is 7.23. The van der Waals surface area contributed by atoms with E-state index in [1.165, 1.54) is 21.5 Å². The maximum atomic E-state index is 12.3. The standard InChI is InChI=1S/C25H20N2O/c1-17(28)27-25(18-9-3-2-4-10-18)16-24(26-27)23-15-19-11-5-6-12-20(19)21-13-7-8-14-22(21)23/h2-15,25H,16H2,1H3/t25-/m0/s1. The van der Waals surface area contributed by atoms with Gasteiger partial charge in [-0.25, -0.2) is 5.01 Å². The lowest BCUT2D eigenvalue weighted by molar-refractivity contribution is -0.130. The van der Waals surface area contributed by atoms with Crippen LogP contribution in [0, 0.1) is 0 Å². The van der Waals surface area contributed by atoms with Crippen LogP contribution in [-0.4, -0.2) is 16.6 Å². The zero-order valence-corrected chi connectivity index (χ0v) is 15.7. The lowest BCUT2D eigenvalue weighted by atomic mass is 9.92. The molecule has 0 bridgehead atoms. The van der Waals surface area contributed by atoms with Crippen LogP contribution in [0.15, 0.2) is 90.0 Å². The molecule has 0 aromatic heterocycles. The molecule has 3 heteroatoms. The van der Waals surface area contributed by atoms with Crippen LogP contribution in [0.5, 0.6) is 0 Å². The summed E-state index contributed by atoms with van der Waals surface area (Å²) in [5.74, 6) is -0.0334. The van der Waals surface area contributed by atoms with Gasteiger partial charge < -0.3 is 0 Å². The van der Waals surface area contributed by atoms with Gasteiger partial charge in [-0.1, -0.05) is 78.9 Å². The molecule has 0 spiro atoms. The van der Waals surface area contributed by atoms with Gasteiger partial charge in [0.15, 0.2) is 0 Å². The smallest absolute Gasteiger partial charge is 0.240 e. The Bertz CT molecular complexity index is 1230. The van der Waals surface area contributed by atoms with Gasteiger partial charge in [-0.3, -0.25) is 4.79 Å². The lowest BCUT2D eigenvalue weighted by Gasteiger charge is -2.20. The van der Waals surface area contributed by atoms with Crippen molar-refractivity contribution in [3.63, 3.8) is 0 Å². The van der Waals surface area contributed by atoms with Crippen molar-refractivity contribution in [2.24, 2.45) is 5.10 Å². The summed E-state index contributed by atoms with van der Waals surface area (Å²) in [5, 5.41) is 11.2. The first kappa shape index (κ1) is 16.7.